The summed E-state index contributed by atoms with van der Waals surface area (Å²) in [5.41, 5.74) is 0.577. The Balaban J connectivity index is 1.56. The van der Waals surface area contributed by atoms with Crippen molar-refractivity contribution in [1.29, 1.82) is 0 Å². The molecule has 8 heteroatoms. The van der Waals surface area contributed by atoms with Crippen LogP contribution in [-0.2, 0) is 14.6 Å². The van der Waals surface area contributed by atoms with Crippen LogP contribution in [0.3, 0.4) is 0 Å². The van der Waals surface area contributed by atoms with Gasteiger partial charge in [-0.25, -0.2) is 13.4 Å². The molecule has 1 fully saturated rings. The summed E-state index contributed by atoms with van der Waals surface area (Å²) >= 11 is 1.40. The highest BCUT2D eigenvalue weighted by atomic mass is 32.2. The standard InChI is InChI=1S/C15H17N3O3S2/c1-23(20,21)13-6-2-11(3-7-13)17-14(19)10-22-15-16-8-9-18(15)12-4-5-12/h2-3,6-9,12H,4-5,10H2,1H3,(H,17,19). The van der Waals surface area contributed by atoms with Crippen molar-refractivity contribution < 1.29 is 13.2 Å². The summed E-state index contributed by atoms with van der Waals surface area (Å²) in [6, 6.07) is 6.68. The van der Waals surface area contributed by atoms with Crippen LogP contribution < -0.4 is 5.32 Å². The van der Waals surface area contributed by atoms with E-state index in [4.69, 9.17) is 0 Å². The molecule has 0 atom stereocenters. The number of nitrogens with one attached hydrogen (secondary N) is 1. The fraction of sp³-hybridized carbons (Fsp3) is 0.333. The number of benzene rings is 1. The van der Waals surface area contributed by atoms with E-state index in [-0.39, 0.29) is 16.6 Å². The van der Waals surface area contributed by atoms with Crippen LogP contribution >= 0.6 is 11.8 Å². The van der Waals surface area contributed by atoms with E-state index in [1.807, 2.05) is 6.20 Å². The lowest BCUT2D eigenvalue weighted by atomic mass is 10.3. The van der Waals surface area contributed by atoms with E-state index >= 15 is 0 Å². The summed E-state index contributed by atoms with van der Waals surface area (Å²) in [7, 11) is -3.22. The molecule has 1 aliphatic carbocycles. The summed E-state index contributed by atoms with van der Waals surface area (Å²) in [6.07, 6.45) is 7.19. The van der Waals surface area contributed by atoms with E-state index in [9.17, 15) is 13.2 Å². The third kappa shape index (κ3) is 4.14. The van der Waals surface area contributed by atoms with Crippen molar-refractivity contribution in [3.8, 4) is 0 Å². The first-order valence-corrected chi connectivity index (χ1v) is 10.1. The van der Waals surface area contributed by atoms with E-state index in [2.05, 4.69) is 14.9 Å². The molecular formula is C15H17N3O3S2. The molecule has 1 saturated carbocycles. The first-order chi connectivity index (χ1) is 10.9. The molecule has 1 heterocycles. The average Bonchev–Trinajstić information content (AvgIpc) is 3.23. The minimum absolute atomic E-state index is 0.146. The molecule has 1 aromatic carbocycles. The van der Waals surface area contributed by atoms with E-state index in [0.717, 1.165) is 11.4 Å². The van der Waals surface area contributed by atoms with Crippen LogP contribution in [0.1, 0.15) is 18.9 Å². The van der Waals surface area contributed by atoms with E-state index in [1.165, 1.54) is 36.7 Å². The van der Waals surface area contributed by atoms with Crippen molar-refractivity contribution in [2.75, 3.05) is 17.3 Å². The molecule has 2 aromatic rings. The molecular weight excluding hydrogens is 334 g/mol. The minimum atomic E-state index is -3.22. The van der Waals surface area contributed by atoms with Crippen molar-refractivity contribution in [2.24, 2.45) is 0 Å². The second kappa shape index (κ2) is 6.37. The van der Waals surface area contributed by atoms with Crippen LogP contribution in [0.2, 0.25) is 0 Å². The highest BCUT2D eigenvalue weighted by Crippen LogP contribution is 2.37. The van der Waals surface area contributed by atoms with Crippen LogP contribution in [-0.4, -0.2) is 35.9 Å². The first kappa shape index (κ1) is 16.1. The maximum atomic E-state index is 12.0. The van der Waals surface area contributed by atoms with Gasteiger partial charge in [0, 0.05) is 30.4 Å². The number of anilines is 1. The summed E-state index contributed by atoms with van der Waals surface area (Å²) < 4.78 is 24.9. The SMILES string of the molecule is CS(=O)(=O)c1ccc(NC(=O)CSc2nccn2C2CC2)cc1. The molecule has 0 radical (unpaired) electrons. The quantitative estimate of drug-likeness (QED) is 0.808. The predicted molar refractivity (Wildman–Crippen MR) is 89.4 cm³/mol. The van der Waals surface area contributed by atoms with Gasteiger partial charge in [-0.05, 0) is 37.1 Å². The number of sulfone groups is 1. The number of nitrogens with zero attached hydrogens (tertiary/aromatic N) is 2. The number of hydrogen-bond acceptors (Lipinski definition) is 5. The molecule has 0 unspecified atom stereocenters. The van der Waals surface area contributed by atoms with E-state index in [1.54, 1.807) is 18.3 Å². The summed E-state index contributed by atoms with van der Waals surface area (Å²) in [4.78, 5) is 16.5. The first-order valence-electron chi connectivity index (χ1n) is 7.19. The Labute approximate surface area is 139 Å². The summed E-state index contributed by atoms with van der Waals surface area (Å²) in [5, 5.41) is 3.61. The summed E-state index contributed by atoms with van der Waals surface area (Å²) in [6.45, 7) is 0. The highest BCUT2D eigenvalue weighted by molar-refractivity contribution is 7.99. The van der Waals surface area contributed by atoms with Crippen LogP contribution in [0.25, 0.3) is 0 Å². The van der Waals surface area contributed by atoms with Gasteiger partial charge >= 0.3 is 0 Å². The monoisotopic (exact) mass is 351 g/mol. The predicted octanol–water partition coefficient (Wildman–Crippen LogP) is 2.35. The molecule has 0 bridgehead atoms. The van der Waals surface area contributed by atoms with E-state index < -0.39 is 9.84 Å². The van der Waals surface area contributed by atoms with Gasteiger partial charge in [0.15, 0.2) is 15.0 Å². The second-order valence-electron chi connectivity index (χ2n) is 5.48. The van der Waals surface area contributed by atoms with Gasteiger partial charge in [-0.15, -0.1) is 0 Å². The molecule has 23 heavy (non-hydrogen) atoms. The molecule has 1 amide bonds. The van der Waals surface area contributed by atoms with Gasteiger partial charge in [0.05, 0.1) is 10.6 Å². The van der Waals surface area contributed by atoms with Crippen molar-refractivity contribution in [3.05, 3.63) is 36.7 Å². The van der Waals surface area contributed by atoms with Crippen LogP contribution in [0, 0.1) is 0 Å². The van der Waals surface area contributed by atoms with Crippen molar-refractivity contribution in [1.82, 2.24) is 9.55 Å². The lowest BCUT2D eigenvalue weighted by Crippen LogP contribution is -2.14. The molecule has 1 N–H and O–H groups in total. The smallest absolute Gasteiger partial charge is 0.234 e. The molecule has 0 saturated heterocycles. The number of amides is 1. The number of thioether (sulfide) groups is 1. The number of imidazole rings is 1. The second-order valence-corrected chi connectivity index (χ2v) is 8.44. The van der Waals surface area contributed by atoms with Gasteiger partial charge in [0.2, 0.25) is 5.91 Å². The third-order valence-corrected chi connectivity index (χ3v) is 5.58. The van der Waals surface area contributed by atoms with Crippen molar-refractivity contribution >= 4 is 33.2 Å². The molecule has 0 spiro atoms. The number of rotatable bonds is 6. The van der Waals surface area contributed by atoms with Gasteiger partial charge in [-0.2, -0.15) is 0 Å². The van der Waals surface area contributed by atoms with Gasteiger partial charge < -0.3 is 9.88 Å². The molecule has 122 valence electrons. The Morgan fingerprint density at radius 3 is 2.65 bits per heavy atom. The van der Waals surface area contributed by atoms with Gasteiger partial charge in [0.25, 0.3) is 0 Å². The molecule has 1 aliphatic rings. The van der Waals surface area contributed by atoms with E-state index in [0.29, 0.717) is 11.7 Å². The Morgan fingerprint density at radius 1 is 1.35 bits per heavy atom. The topological polar surface area (TPSA) is 81.1 Å². The summed E-state index contributed by atoms with van der Waals surface area (Å²) in [5.74, 6) is 0.116. The zero-order valence-corrected chi connectivity index (χ0v) is 14.2. The number of hydrogen-bond donors (Lipinski definition) is 1. The molecule has 0 aliphatic heterocycles. The Hall–Kier alpha value is -1.80. The van der Waals surface area contributed by atoms with Gasteiger partial charge in [0.1, 0.15) is 0 Å². The van der Waals surface area contributed by atoms with Gasteiger partial charge in [-0.3, -0.25) is 4.79 Å². The third-order valence-electron chi connectivity index (χ3n) is 3.47. The number of aromatic nitrogens is 2. The van der Waals surface area contributed by atoms with Crippen LogP contribution in [0.5, 0.6) is 0 Å². The minimum Gasteiger partial charge on any atom is -0.325 e. The maximum Gasteiger partial charge on any atom is 0.234 e. The Morgan fingerprint density at radius 2 is 2.04 bits per heavy atom. The van der Waals surface area contributed by atoms with Crippen molar-refractivity contribution in [2.45, 2.75) is 28.9 Å². The van der Waals surface area contributed by atoms with Crippen LogP contribution in [0.4, 0.5) is 5.69 Å². The van der Waals surface area contributed by atoms with Crippen molar-refractivity contribution in [3.63, 3.8) is 0 Å². The lowest BCUT2D eigenvalue weighted by molar-refractivity contribution is -0.113. The highest BCUT2D eigenvalue weighted by Gasteiger charge is 2.25. The number of carbonyl (C=O) groups excluding carboxylic acids is 1. The maximum absolute atomic E-state index is 12.0. The molecule has 1 aromatic heterocycles. The molecule has 3 rings (SSSR count). The van der Waals surface area contributed by atoms with Gasteiger partial charge in [-0.1, -0.05) is 11.8 Å². The number of carbonyl (C=O) groups is 1. The zero-order valence-electron chi connectivity index (χ0n) is 12.6. The van der Waals surface area contributed by atoms with Crippen LogP contribution in [0.15, 0.2) is 46.7 Å². The fourth-order valence-electron chi connectivity index (χ4n) is 2.15. The molecule has 6 nitrogen and oxygen atoms in total. The average molecular weight is 351 g/mol. The lowest BCUT2D eigenvalue weighted by Gasteiger charge is -2.07. The largest absolute Gasteiger partial charge is 0.325 e. The normalized spacial score (nSPS) is 14.7. The Bertz CT molecular complexity index is 809. The fourth-order valence-corrected chi connectivity index (χ4v) is 3.61. The zero-order chi connectivity index (χ0) is 16.4. The Kier molecular flexibility index (Phi) is 4.45.